The maximum atomic E-state index is 12.5. The van der Waals surface area contributed by atoms with Crippen LogP contribution in [0.15, 0.2) is 24.3 Å². The van der Waals surface area contributed by atoms with Crippen LogP contribution < -0.4 is 10.6 Å². The highest BCUT2D eigenvalue weighted by Crippen LogP contribution is 2.15. The van der Waals surface area contributed by atoms with Crippen molar-refractivity contribution in [3.8, 4) is 0 Å². The number of hydrogen-bond donors (Lipinski definition) is 2. The molecule has 1 aromatic carbocycles. The van der Waals surface area contributed by atoms with Gasteiger partial charge in [-0.05, 0) is 50.7 Å². The van der Waals surface area contributed by atoms with E-state index in [9.17, 15) is 9.59 Å². The van der Waals surface area contributed by atoms with Crippen molar-refractivity contribution in [2.75, 3.05) is 45.1 Å². The van der Waals surface area contributed by atoms with E-state index in [-0.39, 0.29) is 36.6 Å². The number of hydrogen-bond acceptors (Lipinski definition) is 4. The van der Waals surface area contributed by atoms with E-state index in [0.29, 0.717) is 18.0 Å². The summed E-state index contributed by atoms with van der Waals surface area (Å²) in [7, 11) is 2.07. The number of carbonyl (C=O) groups is 2. The lowest BCUT2D eigenvalue weighted by Gasteiger charge is -2.32. The molecule has 2 N–H and O–H groups in total. The molecule has 0 saturated carbocycles. The normalized spacial score (nSPS) is 20.0. The van der Waals surface area contributed by atoms with Crippen molar-refractivity contribution < 1.29 is 9.59 Å². The standard InChI is InChI=1S/C18H26N4O2.2ClH/c1-21-9-11-22(12-10-21)18(24)14-4-6-15(7-5-14)20-17(23)13-16-3-2-8-19-16;;/h4-7,16,19H,2-3,8-13H2,1H3,(H,20,23);2*1H. The van der Waals surface area contributed by atoms with Crippen LogP contribution in [0.3, 0.4) is 0 Å². The Bertz CT molecular complexity index is 583. The summed E-state index contributed by atoms with van der Waals surface area (Å²) in [4.78, 5) is 28.6. The second-order valence-corrected chi connectivity index (χ2v) is 6.72. The Hall–Kier alpha value is -1.34. The van der Waals surface area contributed by atoms with Crippen molar-refractivity contribution in [1.82, 2.24) is 15.1 Å². The molecule has 2 heterocycles. The average molecular weight is 403 g/mol. The highest BCUT2D eigenvalue weighted by molar-refractivity contribution is 5.96. The van der Waals surface area contributed by atoms with E-state index in [2.05, 4.69) is 22.6 Å². The van der Waals surface area contributed by atoms with Crippen molar-refractivity contribution >= 4 is 42.3 Å². The first kappa shape index (κ1) is 22.7. The topological polar surface area (TPSA) is 64.7 Å². The summed E-state index contributed by atoms with van der Waals surface area (Å²) in [6, 6.07) is 7.50. The van der Waals surface area contributed by atoms with Crippen LogP contribution in [-0.4, -0.2) is 67.4 Å². The molecule has 3 rings (SSSR count). The predicted molar refractivity (Wildman–Crippen MR) is 109 cm³/mol. The van der Waals surface area contributed by atoms with Gasteiger partial charge in [-0.3, -0.25) is 9.59 Å². The molecule has 2 fully saturated rings. The van der Waals surface area contributed by atoms with E-state index in [1.54, 1.807) is 12.1 Å². The molecule has 6 nitrogen and oxygen atoms in total. The third-order valence-electron chi connectivity index (χ3n) is 4.80. The number of carbonyl (C=O) groups excluding carboxylic acids is 2. The lowest BCUT2D eigenvalue weighted by molar-refractivity contribution is -0.116. The number of benzene rings is 1. The van der Waals surface area contributed by atoms with Crippen LogP contribution in [0.2, 0.25) is 0 Å². The van der Waals surface area contributed by atoms with Gasteiger partial charge >= 0.3 is 0 Å². The monoisotopic (exact) mass is 402 g/mol. The van der Waals surface area contributed by atoms with Crippen LogP contribution in [0.25, 0.3) is 0 Å². The van der Waals surface area contributed by atoms with Gasteiger partial charge in [0, 0.05) is 49.9 Å². The summed E-state index contributed by atoms with van der Waals surface area (Å²) in [5.41, 5.74) is 1.42. The van der Waals surface area contributed by atoms with Gasteiger partial charge in [0.25, 0.3) is 5.91 Å². The van der Waals surface area contributed by atoms with Gasteiger partial charge in [-0.1, -0.05) is 0 Å². The molecule has 1 atom stereocenters. The van der Waals surface area contributed by atoms with Gasteiger partial charge in [0.2, 0.25) is 5.91 Å². The third-order valence-corrected chi connectivity index (χ3v) is 4.80. The number of piperazine rings is 1. The first-order valence-corrected chi connectivity index (χ1v) is 8.73. The third kappa shape index (κ3) is 6.13. The van der Waals surface area contributed by atoms with E-state index >= 15 is 0 Å². The number of rotatable bonds is 4. The number of anilines is 1. The molecule has 0 radical (unpaired) electrons. The highest BCUT2D eigenvalue weighted by atomic mass is 35.5. The van der Waals surface area contributed by atoms with E-state index in [0.717, 1.165) is 51.3 Å². The molecule has 2 saturated heterocycles. The fourth-order valence-corrected chi connectivity index (χ4v) is 3.26. The average Bonchev–Trinajstić information content (AvgIpc) is 3.08. The largest absolute Gasteiger partial charge is 0.336 e. The Kier molecular flexibility index (Phi) is 9.36. The van der Waals surface area contributed by atoms with Gasteiger partial charge in [-0.2, -0.15) is 0 Å². The summed E-state index contributed by atoms with van der Waals surface area (Å²) in [5, 5.41) is 6.23. The fourth-order valence-electron chi connectivity index (χ4n) is 3.26. The molecule has 0 bridgehead atoms. The minimum absolute atomic E-state index is 0. The zero-order chi connectivity index (χ0) is 16.9. The Morgan fingerprint density at radius 2 is 1.77 bits per heavy atom. The van der Waals surface area contributed by atoms with E-state index in [4.69, 9.17) is 0 Å². The lowest BCUT2D eigenvalue weighted by atomic mass is 10.1. The van der Waals surface area contributed by atoms with E-state index in [1.165, 1.54) is 0 Å². The van der Waals surface area contributed by atoms with Crippen molar-refractivity contribution in [2.24, 2.45) is 0 Å². The second-order valence-electron chi connectivity index (χ2n) is 6.72. The number of nitrogens with one attached hydrogen (secondary N) is 2. The number of likely N-dealkylation sites (N-methyl/N-ethyl adjacent to an activating group) is 1. The zero-order valence-electron chi connectivity index (χ0n) is 15.1. The first-order valence-electron chi connectivity index (χ1n) is 8.73. The molecular formula is C18H28Cl2N4O2. The Morgan fingerprint density at radius 3 is 2.35 bits per heavy atom. The maximum absolute atomic E-state index is 12.5. The van der Waals surface area contributed by atoms with Crippen LogP contribution in [-0.2, 0) is 4.79 Å². The fraction of sp³-hybridized carbons (Fsp3) is 0.556. The molecule has 2 amide bonds. The van der Waals surface area contributed by atoms with Crippen LogP contribution in [0.5, 0.6) is 0 Å². The lowest BCUT2D eigenvalue weighted by Crippen LogP contribution is -2.47. The van der Waals surface area contributed by atoms with Gasteiger partial charge in [0.15, 0.2) is 0 Å². The van der Waals surface area contributed by atoms with Crippen molar-refractivity contribution in [3.05, 3.63) is 29.8 Å². The molecule has 8 heteroatoms. The van der Waals surface area contributed by atoms with Gasteiger partial charge in [0.05, 0.1) is 0 Å². The van der Waals surface area contributed by atoms with Crippen molar-refractivity contribution in [2.45, 2.75) is 25.3 Å². The minimum atomic E-state index is 0. The van der Waals surface area contributed by atoms with Crippen LogP contribution >= 0.6 is 24.8 Å². The molecule has 0 aliphatic carbocycles. The van der Waals surface area contributed by atoms with E-state index in [1.807, 2.05) is 17.0 Å². The summed E-state index contributed by atoms with van der Waals surface area (Å²) in [5.74, 6) is 0.0867. The summed E-state index contributed by atoms with van der Waals surface area (Å²) >= 11 is 0. The van der Waals surface area contributed by atoms with Gasteiger partial charge in [0.1, 0.15) is 0 Å². The molecule has 26 heavy (non-hydrogen) atoms. The Morgan fingerprint density at radius 1 is 1.12 bits per heavy atom. The summed E-state index contributed by atoms with van der Waals surface area (Å²) in [6.07, 6.45) is 2.70. The molecule has 2 aliphatic heterocycles. The van der Waals surface area contributed by atoms with Gasteiger partial charge in [-0.25, -0.2) is 0 Å². The van der Waals surface area contributed by atoms with E-state index < -0.39 is 0 Å². The molecular weight excluding hydrogens is 375 g/mol. The Balaban J connectivity index is 0.00000169. The van der Waals surface area contributed by atoms with Crippen molar-refractivity contribution in [1.29, 1.82) is 0 Å². The highest BCUT2D eigenvalue weighted by Gasteiger charge is 2.20. The number of nitrogens with zero attached hydrogens (tertiary/aromatic N) is 2. The Labute approximate surface area is 167 Å². The van der Waals surface area contributed by atoms with Crippen LogP contribution in [0.4, 0.5) is 5.69 Å². The smallest absolute Gasteiger partial charge is 0.253 e. The number of amides is 2. The predicted octanol–water partition coefficient (Wildman–Crippen LogP) is 2.00. The van der Waals surface area contributed by atoms with Crippen LogP contribution in [0.1, 0.15) is 29.6 Å². The quantitative estimate of drug-likeness (QED) is 0.807. The molecule has 0 aromatic heterocycles. The summed E-state index contributed by atoms with van der Waals surface area (Å²) in [6.45, 7) is 4.36. The molecule has 2 aliphatic rings. The molecule has 146 valence electrons. The minimum Gasteiger partial charge on any atom is -0.336 e. The molecule has 1 unspecified atom stereocenters. The van der Waals surface area contributed by atoms with Crippen molar-refractivity contribution in [3.63, 3.8) is 0 Å². The SMILES string of the molecule is CN1CCN(C(=O)c2ccc(NC(=O)CC3CCCN3)cc2)CC1.Cl.Cl. The summed E-state index contributed by atoms with van der Waals surface area (Å²) < 4.78 is 0. The number of halogens is 2. The molecule has 0 spiro atoms. The maximum Gasteiger partial charge on any atom is 0.253 e. The van der Waals surface area contributed by atoms with Crippen LogP contribution in [0, 0.1) is 0 Å². The molecule has 1 aromatic rings. The second kappa shape index (κ2) is 10.7. The van der Waals surface area contributed by atoms with Gasteiger partial charge in [-0.15, -0.1) is 24.8 Å². The first-order chi connectivity index (χ1) is 11.6. The zero-order valence-corrected chi connectivity index (χ0v) is 16.7. The van der Waals surface area contributed by atoms with Gasteiger partial charge < -0.3 is 20.4 Å².